The Morgan fingerprint density at radius 3 is 0.959 bits per heavy atom. The van der Waals surface area contributed by atoms with Gasteiger partial charge >= 0.3 is 0 Å². The topological polar surface area (TPSA) is 110 Å². The molecule has 13 rings (SSSR count). The third-order valence-electron chi connectivity index (χ3n) is 15.0. The van der Waals surface area contributed by atoms with Crippen LogP contribution in [0.2, 0.25) is 0 Å². The van der Waals surface area contributed by atoms with Crippen molar-refractivity contribution in [2.75, 3.05) is 9.80 Å². The van der Waals surface area contributed by atoms with E-state index in [0.29, 0.717) is 23.3 Å². The highest BCUT2D eigenvalue weighted by Gasteiger charge is 2.38. The van der Waals surface area contributed by atoms with Crippen LogP contribution in [0, 0.1) is 0 Å². The van der Waals surface area contributed by atoms with Gasteiger partial charge in [-0.3, -0.25) is 29.7 Å². The Kier molecular flexibility index (Phi) is 10.4. The van der Waals surface area contributed by atoms with Crippen molar-refractivity contribution in [2.24, 2.45) is 0 Å². The van der Waals surface area contributed by atoms with E-state index in [0.717, 1.165) is 39.2 Å². The number of benzene rings is 6. The number of rotatable bonds is 10. The fourth-order valence-corrected chi connectivity index (χ4v) is 11.2. The number of fused-ring (bicyclic) bond motifs is 9. The van der Waals surface area contributed by atoms with E-state index in [1.807, 2.05) is 9.80 Å². The Morgan fingerprint density at radius 2 is 0.635 bits per heavy atom. The van der Waals surface area contributed by atoms with Gasteiger partial charge in [-0.15, -0.1) is 0 Å². The Morgan fingerprint density at radius 1 is 0.338 bits per heavy atom. The molecule has 4 heterocycles. The van der Waals surface area contributed by atoms with Crippen LogP contribution < -0.4 is 9.80 Å². The van der Waals surface area contributed by atoms with Crippen LogP contribution in [-0.4, -0.2) is 39.9 Å². The van der Waals surface area contributed by atoms with Crippen LogP contribution in [0.3, 0.4) is 0 Å². The lowest BCUT2D eigenvalue weighted by atomic mass is 9.81. The van der Waals surface area contributed by atoms with Gasteiger partial charge in [-0.25, -0.2) is 19.9 Å². The van der Waals surface area contributed by atoms with E-state index in [9.17, 15) is 0 Å². The number of hydrogen-bond donors (Lipinski definition) is 0. The zero-order chi connectivity index (χ0) is 50.1. The first kappa shape index (κ1) is 44.4. The van der Waals surface area contributed by atoms with E-state index in [-0.39, 0.29) is 10.8 Å². The minimum atomic E-state index is -0.245. The number of nitrogens with zero attached hydrogens (tertiary/aromatic N) is 10. The summed E-state index contributed by atoms with van der Waals surface area (Å²) in [5.74, 6) is 2.70. The van der Waals surface area contributed by atoms with Gasteiger partial charge in [0.15, 0.2) is 23.3 Å². The van der Waals surface area contributed by atoms with E-state index in [4.69, 9.17) is 0 Å². The summed E-state index contributed by atoms with van der Waals surface area (Å²) in [4.78, 5) is 39.9. The minimum Gasteiger partial charge on any atom is -0.276 e. The van der Waals surface area contributed by atoms with Crippen LogP contribution in [0.15, 0.2) is 190 Å². The molecule has 10 nitrogen and oxygen atoms in total. The molecule has 0 saturated carbocycles. The SMILES string of the molecule is C=C1c2cc(/C=C/c3ccc4c(c3)C(C)(C)c3cc(N(c5cnccn5)c5cnccn5)ccc3-4)ccc2-c2ccc(/C=C/c3ccc4c(c3)C(C)(C)c3cc(N(c5cnccn5)c5cnccn5)ccc3-4)cc21. The van der Waals surface area contributed by atoms with Crippen LogP contribution in [-0.2, 0) is 10.8 Å². The summed E-state index contributed by atoms with van der Waals surface area (Å²) in [6, 6.07) is 40.3. The van der Waals surface area contributed by atoms with Crippen LogP contribution >= 0.6 is 0 Å². The average Bonchev–Trinajstić information content (AvgIpc) is 3.97. The number of hydrogen-bond acceptors (Lipinski definition) is 10. The summed E-state index contributed by atoms with van der Waals surface area (Å²) in [7, 11) is 0. The maximum absolute atomic E-state index is 4.63. The maximum Gasteiger partial charge on any atom is 0.157 e. The summed E-state index contributed by atoms with van der Waals surface area (Å²) in [5, 5.41) is 0. The van der Waals surface area contributed by atoms with E-state index < -0.39 is 0 Å². The smallest absolute Gasteiger partial charge is 0.157 e. The molecule has 0 N–H and O–H groups in total. The van der Waals surface area contributed by atoms with Crippen molar-refractivity contribution in [3.8, 4) is 33.4 Å². The first-order chi connectivity index (χ1) is 36.1. The monoisotopic (exact) mass is 956 g/mol. The summed E-state index contributed by atoms with van der Waals surface area (Å²) in [6.07, 6.45) is 29.3. The van der Waals surface area contributed by atoms with Gasteiger partial charge in [0.05, 0.1) is 24.8 Å². The van der Waals surface area contributed by atoms with E-state index >= 15 is 0 Å². The van der Waals surface area contributed by atoms with Crippen molar-refractivity contribution < 1.29 is 0 Å². The Labute approximate surface area is 430 Å². The fourth-order valence-electron chi connectivity index (χ4n) is 11.2. The van der Waals surface area contributed by atoms with E-state index in [1.54, 1.807) is 74.4 Å². The van der Waals surface area contributed by atoms with Crippen molar-refractivity contribution in [3.63, 3.8) is 0 Å². The molecular formula is C64H48N10. The molecule has 0 bridgehead atoms. The molecule has 10 aromatic rings. The molecule has 3 aliphatic carbocycles. The predicted octanol–water partition coefficient (Wildman–Crippen LogP) is 14.8. The van der Waals surface area contributed by atoms with Gasteiger partial charge in [0.2, 0.25) is 0 Å². The summed E-state index contributed by atoms with van der Waals surface area (Å²) < 4.78 is 0. The molecule has 6 aromatic carbocycles. The van der Waals surface area contributed by atoms with Gasteiger partial charge in [0.25, 0.3) is 0 Å². The second kappa shape index (κ2) is 17.3. The molecule has 0 unspecified atom stereocenters. The lowest BCUT2D eigenvalue weighted by Crippen LogP contribution is -2.17. The molecule has 74 heavy (non-hydrogen) atoms. The second-order valence-electron chi connectivity index (χ2n) is 20.0. The van der Waals surface area contributed by atoms with Gasteiger partial charge in [0.1, 0.15) is 0 Å². The zero-order valence-electron chi connectivity index (χ0n) is 41.3. The molecule has 0 aliphatic heterocycles. The largest absolute Gasteiger partial charge is 0.276 e. The number of aromatic nitrogens is 8. The average molecular weight is 957 g/mol. The molecule has 0 saturated heterocycles. The van der Waals surface area contributed by atoms with Crippen molar-refractivity contribution in [1.82, 2.24) is 39.9 Å². The molecule has 10 heteroatoms. The zero-order valence-corrected chi connectivity index (χ0v) is 41.3. The van der Waals surface area contributed by atoms with Gasteiger partial charge < -0.3 is 0 Å². The predicted molar refractivity (Wildman–Crippen MR) is 298 cm³/mol. The molecule has 0 spiro atoms. The Hall–Kier alpha value is -9.54. The van der Waals surface area contributed by atoms with Gasteiger partial charge in [-0.2, -0.15) is 0 Å². The molecule has 0 atom stereocenters. The standard InChI is InChI=1S/C64H48N10/c1-40-53-30-41(6-8-43-12-18-49-51-20-14-45(34-57(51)63(2,3)55(49)32-43)73(59-36-65-22-26-69-59)60-37-66-23-27-70-60)10-16-47(53)48-17-11-42(31-54(40)48)7-9-44-13-19-50-52-21-15-46(35-58(52)64(4,5)56(50)33-44)74(61-38-67-24-28-71-61)62-39-68-25-29-72-62/h6-39H,1H2,2-5H3/b8-6+,9-7+. The third-order valence-corrected chi connectivity index (χ3v) is 15.0. The van der Waals surface area contributed by atoms with Crippen molar-refractivity contribution in [1.29, 1.82) is 0 Å². The van der Waals surface area contributed by atoms with Crippen LogP contribution in [0.5, 0.6) is 0 Å². The lowest BCUT2D eigenvalue weighted by Gasteiger charge is -2.26. The van der Waals surface area contributed by atoms with Crippen molar-refractivity contribution in [2.45, 2.75) is 38.5 Å². The van der Waals surface area contributed by atoms with Gasteiger partial charge in [-0.1, -0.05) is 131 Å². The summed E-state index contributed by atoms with van der Waals surface area (Å²) in [5.41, 5.74) is 21.8. The normalized spacial score (nSPS) is 14.1. The van der Waals surface area contributed by atoms with E-state index in [2.05, 4.69) is 208 Å². The highest BCUT2D eigenvalue weighted by Crippen LogP contribution is 2.53. The Balaban J connectivity index is 0.721. The summed E-state index contributed by atoms with van der Waals surface area (Å²) in [6.45, 7) is 13.8. The molecule has 0 fully saturated rings. The first-order valence-electron chi connectivity index (χ1n) is 24.7. The molecule has 3 aliphatic rings. The Bertz CT molecular complexity index is 3590. The van der Waals surface area contributed by atoms with Crippen molar-refractivity contribution in [3.05, 3.63) is 246 Å². The maximum atomic E-state index is 4.63. The first-order valence-corrected chi connectivity index (χ1v) is 24.7. The van der Waals surface area contributed by atoms with E-state index in [1.165, 1.54) is 66.8 Å². The molecule has 4 aromatic heterocycles. The highest BCUT2D eigenvalue weighted by molar-refractivity contribution is 6.02. The minimum absolute atomic E-state index is 0.245. The fraction of sp³-hybridized carbons (Fsp3) is 0.0938. The summed E-state index contributed by atoms with van der Waals surface area (Å²) >= 11 is 0. The quantitative estimate of drug-likeness (QED) is 0.123. The van der Waals surface area contributed by atoms with Gasteiger partial charge in [0, 0.05) is 71.8 Å². The van der Waals surface area contributed by atoms with Gasteiger partial charge in [-0.05, 0) is 131 Å². The number of anilines is 6. The van der Waals surface area contributed by atoms with Crippen molar-refractivity contribution >= 4 is 64.5 Å². The molecule has 0 amide bonds. The second-order valence-corrected chi connectivity index (χ2v) is 20.0. The highest BCUT2D eigenvalue weighted by atomic mass is 15.3. The van der Waals surface area contributed by atoms with Crippen LogP contribution in [0.1, 0.15) is 83.3 Å². The molecule has 0 radical (unpaired) electrons. The van der Waals surface area contributed by atoms with Crippen LogP contribution in [0.25, 0.3) is 63.3 Å². The lowest BCUT2D eigenvalue weighted by molar-refractivity contribution is 0.660. The molecule has 354 valence electrons. The van der Waals surface area contributed by atoms with Crippen LogP contribution in [0.4, 0.5) is 34.6 Å². The third kappa shape index (κ3) is 7.41. The molecular weight excluding hydrogens is 909 g/mol.